The number of carbonyl (C=O) groups is 1. The van der Waals surface area contributed by atoms with Crippen molar-refractivity contribution in [1.29, 1.82) is 0 Å². The average molecular weight is 250 g/mol. The van der Waals surface area contributed by atoms with Gasteiger partial charge in [-0.1, -0.05) is 0 Å². The molecular formula is C13H18N2O3. The zero-order chi connectivity index (χ0) is 13.0. The van der Waals surface area contributed by atoms with Crippen molar-refractivity contribution in [2.75, 3.05) is 25.5 Å². The van der Waals surface area contributed by atoms with Gasteiger partial charge in [-0.3, -0.25) is 4.79 Å². The van der Waals surface area contributed by atoms with E-state index in [4.69, 9.17) is 10.5 Å². The number of nitrogen functional groups attached to an aromatic ring is 1. The van der Waals surface area contributed by atoms with Crippen molar-refractivity contribution < 1.29 is 14.6 Å². The monoisotopic (exact) mass is 250 g/mol. The molecule has 1 aromatic rings. The normalized spacial score (nSPS) is 19.4. The second-order valence-corrected chi connectivity index (χ2v) is 4.57. The fourth-order valence-corrected chi connectivity index (χ4v) is 1.99. The van der Waals surface area contributed by atoms with E-state index in [9.17, 15) is 9.90 Å². The molecule has 1 fully saturated rings. The van der Waals surface area contributed by atoms with Crippen LogP contribution in [0.2, 0.25) is 0 Å². The second-order valence-electron chi connectivity index (χ2n) is 4.57. The van der Waals surface area contributed by atoms with Crippen LogP contribution < -0.4 is 11.1 Å². The van der Waals surface area contributed by atoms with Crippen LogP contribution in [-0.4, -0.2) is 30.8 Å². The first kappa shape index (κ1) is 12.7. The van der Waals surface area contributed by atoms with Crippen LogP contribution in [0, 0.1) is 5.92 Å². The van der Waals surface area contributed by atoms with E-state index in [0.717, 1.165) is 19.4 Å². The molecule has 18 heavy (non-hydrogen) atoms. The van der Waals surface area contributed by atoms with Crippen molar-refractivity contribution in [3.63, 3.8) is 0 Å². The van der Waals surface area contributed by atoms with Crippen molar-refractivity contribution >= 4 is 11.6 Å². The fraction of sp³-hybridized carbons (Fsp3) is 0.462. The number of anilines is 1. The molecule has 1 aliphatic rings. The van der Waals surface area contributed by atoms with E-state index in [1.807, 2.05) is 0 Å². The molecule has 1 unspecified atom stereocenters. The second kappa shape index (κ2) is 5.73. The number of amides is 1. The number of nitrogens with two attached hydrogens (primary N) is 1. The zero-order valence-corrected chi connectivity index (χ0v) is 10.2. The Morgan fingerprint density at radius 3 is 3.06 bits per heavy atom. The summed E-state index contributed by atoms with van der Waals surface area (Å²) in [6.45, 7) is 2.12. The van der Waals surface area contributed by atoms with Gasteiger partial charge < -0.3 is 20.9 Å². The summed E-state index contributed by atoms with van der Waals surface area (Å²) < 4.78 is 5.35. The Hall–Kier alpha value is -1.75. The minimum atomic E-state index is -0.198. The summed E-state index contributed by atoms with van der Waals surface area (Å²) in [6.07, 6.45) is 2.12. The average Bonchev–Trinajstić information content (AvgIpc) is 2.40. The Labute approximate surface area is 106 Å². The number of phenolic OH excluding ortho intramolecular Hbond substituents is 1. The molecule has 4 N–H and O–H groups in total. The summed E-state index contributed by atoms with van der Waals surface area (Å²) in [5.74, 6) is 0.115. The number of carbonyl (C=O) groups excluding carboxylic acids is 1. The third kappa shape index (κ3) is 3.13. The van der Waals surface area contributed by atoms with Gasteiger partial charge in [-0.05, 0) is 37.0 Å². The maximum atomic E-state index is 11.8. The molecule has 0 spiro atoms. The zero-order valence-electron chi connectivity index (χ0n) is 10.2. The summed E-state index contributed by atoms with van der Waals surface area (Å²) in [5.41, 5.74) is 6.17. The van der Waals surface area contributed by atoms with Gasteiger partial charge in [0.1, 0.15) is 5.75 Å². The Morgan fingerprint density at radius 1 is 1.56 bits per heavy atom. The number of hydrogen-bond donors (Lipinski definition) is 3. The summed E-state index contributed by atoms with van der Waals surface area (Å²) in [6, 6.07) is 4.50. The number of phenols is 1. The lowest BCUT2D eigenvalue weighted by Crippen LogP contribution is -2.33. The smallest absolute Gasteiger partial charge is 0.251 e. The van der Waals surface area contributed by atoms with Gasteiger partial charge in [-0.25, -0.2) is 0 Å². The van der Waals surface area contributed by atoms with Crippen molar-refractivity contribution in [1.82, 2.24) is 5.32 Å². The predicted molar refractivity (Wildman–Crippen MR) is 68.4 cm³/mol. The van der Waals surface area contributed by atoms with Gasteiger partial charge in [0.25, 0.3) is 5.91 Å². The van der Waals surface area contributed by atoms with Gasteiger partial charge in [-0.15, -0.1) is 0 Å². The van der Waals surface area contributed by atoms with Gasteiger partial charge in [0.15, 0.2) is 0 Å². The Balaban J connectivity index is 1.88. The van der Waals surface area contributed by atoms with Crippen LogP contribution in [-0.2, 0) is 4.74 Å². The summed E-state index contributed by atoms with van der Waals surface area (Å²) >= 11 is 0. The molecule has 5 nitrogen and oxygen atoms in total. The summed E-state index contributed by atoms with van der Waals surface area (Å²) in [7, 11) is 0. The predicted octanol–water partition coefficient (Wildman–Crippen LogP) is 1.13. The van der Waals surface area contributed by atoms with Crippen molar-refractivity contribution in [3.05, 3.63) is 23.8 Å². The molecule has 1 aliphatic heterocycles. The van der Waals surface area contributed by atoms with Gasteiger partial charge in [0.05, 0.1) is 12.3 Å². The SMILES string of the molecule is Nc1ccc(C(=O)NCC2CCCOC2)cc1O. The molecular weight excluding hydrogens is 232 g/mol. The van der Waals surface area contributed by atoms with Crippen molar-refractivity contribution in [2.24, 2.45) is 5.92 Å². The fourth-order valence-electron chi connectivity index (χ4n) is 1.99. The molecule has 98 valence electrons. The number of benzene rings is 1. The number of rotatable bonds is 3. The van der Waals surface area contributed by atoms with E-state index < -0.39 is 0 Å². The summed E-state index contributed by atoms with van der Waals surface area (Å²) in [5, 5.41) is 12.3. The van der Waals surface area contributed by atoms with Crippen LogP contribution in [0.15, 0.2) is 18.2 Å². The maximum absolute atomic E-state index is 11.8. The molecule has 0 radical (unpaired) electrons. The number of hydrogen-bond acceptors (Lipinski definition) is 4. The minimum Gasteiger partial charge on any atom is -0.506 e. The largest absolute Gasteiger partial charge is 0.506 e. The third-order valence-electron chi connectivity index (χ3n) is 3.10. The molecule has 1 amide bonds. The molecule has 1 atom stereocenters. The van der Waals surface area contributed by atoms with Gasteiger partial charge >= 0.3 is 0 Å². The highest BCUT2D eigenvalue weighted by molar-refractivity contribution is 5.95. The van der Waals surface area contributed by atoms with Crippen LogP contribution in [0.4, 0.5) is 5.69 Å². The van der Waals surface area contributed by atoms with Crippen LogP contribution in [0.25, 0.3) is 0 Å². The Morgan fingerprint density at radius 2 is 2.39 bits per heavy atom. The molecule has 0 aromatic heterocycles. The molecule has 0 aliphatic carbocycles. The first-order valence-corrected chi connectivity index (χ1v) is 6.11. The van der Waals surface area contributed by atoms with E-state index in [-0.39, 0.29) is 17.3 Å². The lowest BCUT2D eigenvalue weighted by atomic mass is 10.0. The minimum absolute atomic E-state index is 0.0661. The Kier molecular flexibility index (Phi) is 4.04. The van der Waals surface area contributed by atoms with E-state index in [1.54, 1.807) is 6.07 Å². The lowest BCUT2D eigenvalue weighted by molar-refractivity contribution is 0.0536. The highest BCUT2D eigenvalue weighted by atomic mass is 16.5. The quantitative estimate of drug-likeness (QED) is 0.554. The van der Waals surface area contributed by atoms with Gasteiger partial charge in [0, 0.05) is 18.7 Å². The van der Waals surface area contributed by atoms with Gasteiger partial charge in [-0.2, -0.15) is 0 Å². The number of aromatic hydroxyl groups is 1. The molecule has 1 heterocycles. The summed E-state index contributed by atoms with van der Waals surface area (Å²) in [4.78, 5) is 11.8. The van der Waals surface area contributed by atoms with Crippen LogP contribution in [0.5, 0.6) is 5.75 Å². The van der Waals surface area contributed by atoms with Crippen LogP contribution >= 0.6 is 0 Å². The lowest BCUT2D eigenvalue weighted by Gasteiger charge is -2.22. The Bertz CT molecular complexity index is 428. The molecule has 0 bridgehead atoms. The molecule has 0 saturated carbocycles. The number of nitrogens with one attached hydrogen (secondary N) is 1. The third-order valence-corrected chi connectivity index (χ3v) is 3.10. The standard InChI is InChI=1S/C13H18N2O3/c14-11-4-3-10(6-12(11)16)13(17)15-7-9-2-1-5-18-8-9/h3-4,6,9,16H,1-2,5,7-8,14H2,(H,15,17). The first-order valence-electron chi connectivity index (χ1n) is 6.11. The van der Waals surface area contributed by atoms with Crippen LogP contribution in [0.1, 0.15) is 23.2 Å². The van der Waals surface area contributed by atoms with E-state index in [0.29, 0.717) is 24.6 Å². The van der Waals surface area contributed by atoms with Crippen LogP contribution in [0.3, 0.4) is 0 Å². The highest BCUT2D eigenvalue weighted by Crippen LogP contribution is 2.20. The molecule has 2 rings (SSSR count). The topological polar surface area (TPSA) is 84.6 Å². The van der Waals surface area contributed by atoms with Crippen molar-refractivity contribution in [3.8, 4) is 5.75 Å². The maximum Gasteiger partial charge on any atom is 0.251 e. The molecule has 5 heteroatoms. The highest BCUT2D eigenvalue weighted by Gasteiger charge is 2.15. The van der Waals surface area contributed by atoms with Gasteiger partial charge in [0.2, 0.25) is 0 Å². The molecule has 1 aromatic carbocycles. The van der Waals surface area contributed by atoms with E-state index in [2.05, 4.69) is 5.32 Å². The van der Waals surface area contributed by atoms with E-state index >= 15 is 0 Å². The number of ether oxygens (including phenoxy) is 1. The molecule has 1 saturated heterocycles. The van der Waals surface area contributed by atoms with E-state index in [1.165, 1.54) is 12.1 Å². The first-order chi connectivity index (χ1) is 8.66. The van der Waals surface area contributed by atoms with Crippen molar-refractivity contribution in [2.45, 2.75) is 12.8 Å².